The van der Waals surface area contributed by atoms with Crippen molar-refractivity contribution in [2.45, 2.75) is 78.0 Å². The Morgan fingerprint density at radius 1 is 0.652 bits per heavy atom. The van der Waals surface area contributed by atoms with Gasteiger partial charge in [-0.15, -0.1) is 0 Å². The molecule has 0 aliphatic rings. The molecule has 0 saturated carbocycles. The normalized spacial score (nSPS) is 8.52. The van der Waals surface area contributed by atoms with Gasteiger partial charge in [0.15, 0.2) is 0 Å². The van der Waals surface area contributed by atoms with Crippen LogP contribution in [0.3, 0.4) is 0 Å². The summed E-state index contributed by atoms with van der Waals surface area (Å²) in [5.41, 5.74) is 2.71. The van der Waals surface area contributed by atoms with E-state index in [2.05, 4.69) is 76.2 Å². The minimum Gasteiger partial charge on any atom is -0.0901 e. The Morgan fingerprint density at radius 3 is 1.35 bits per heavy atom. The molecule has 0 radical (unpaired) electrons. The summed E-state index contributed by atoms with van der Waals surface area (Å²) < 4.78 is 0. The molecule has 2 rings (SSSR count). The molecule has 0 heterocycles. The molecular weight excluding hydrogens is 296 g/mol. The molecule has 23 heavy (non-hydrogen) atoms. The Morgan fingerprint density at radius 2 is 1.00 bits per heavy atom. The number of aryl methyl sites for hydroxylation is 2. The smallest absolute Gasteiger partial charge is 0.0122 e. The standard InChI is InChI=1S/C15H16S.C3H8.2C2H6/c1-3-13-6-10-15(11-7-13)16-14-8-4-12(2)5-9-14;1-3-2;2*1-2/h4-11H,3H2,1-2H3;3H2,1-2H3;2*1-2H3. The van der Waals surface area contributed by atoms with E-state index in [0.717, 1.165) is 6.42 Å². The van der Waals surface area contributed by atoms with Gasteiger partial charge in [0.05, 0.1) is 0 Å². The third-order valence-corrected chi connectivity index (χ3v) is 3.60. The molecule has 130 valence electrons. The molecule has 1 heteroatoms. The summed E-state index contributed by atoms with van der Waals surface area (Å²) in [7, 11) is 0. The summed E-state index contributed by atoms with van der Waals surface area (Å²) in [5, 5.41) is 0. The largest absolute Gasteiger partial charge is 0.0901 e. The molecular formula is C22H36S. The van der Waals surface area contributed by atoms with E-state index < -0.39 is 0 Å². The van der Waals surface area contributed by atoms with E-state index in [1.807, 2.05) is 39.5 Å². The van der Waals surface area contributed by atoms with Crippen LogP contribution in [0.4, 0.5) is 0 Å². The average Bonchev–Trinajstić information content (AvgIpc) is 2.62. The first-order valence-corrected chi connectivity index (χ1v) is 9.84. The van der Waals surface area contributed by atoms with Gasteiger partial charge in [0.1, 0.15) is 0 Å². The van der Waals surface area contributed by atoms with Crippen molar-refractivity contribution in [2.75, 3.05) is 0 Å². The van der Waals surface area contributed by atoms with Crippen molar-refractivity contribution in [3.05, 3.63) is 59.7 Å². The molecule has 0 atom stereocenters. The van der Waals surface area contributed by atoms with E-state index in [1.165, 1.54) is 27.3 Å². The Hall–Kier alpha value is -1.21. The SMILES string of the molecule is CC.CC.CCC.CCc1ccc(Sc2ccc(C)cc2)cc1. The highest BCUT2D eigenvalue weighted by atomic mass is 32.2. The summed E-state index contributed by atoms with van der Waals surface area (Å²) in [5.74, 6) is 0. The van der Waals surface area contributed by atoms with Crippen LogP contribution in [0.2, 0.25) is 0 Å². The zero-order valence-electron chi connectivity index (χ0n) is 16.4. The van der Waals surface area contributed by atoms with Gasteiger partial charge in [-0.05, 0) is 43.2 Å². The van der Waals surface area contributed by atoms with Crippen molar-refractivity contribution >= 4 is 11.8 Å². The van der Waals surface area contributed by atoms with Crippen LogP contribution in [0.15, 0.2) is 58.3 Å². The van der Waals surface area contributed by atoms with E-state index in [0.29, 0.717) is 0 Å². The van der Waals surface area contributed by atoms with E-state index >= 15 is 0 Å². The topological polar surface area (TPSA) is 0 Å². The summed E-state index contributed by atoms with van der Waals surface area (Å²) in [6.45, 7) is 16.5. The molecule has 2 aromatic rings. The molecule has 0 unspecified atom stereocenters. The maximum Gasteiger partial charge on any atom is 0.0122 e. The predicted molar refractivity (Wildman–Crippen MR) is 110 cm³/mol. The number of hydrogen-bond donors (Lipinski definition) is 0. The number of hydrogen-bond acceptors (Lipinski definition) is 1. The van der Waals surface area contributed by atoms with Crippen molar-refractivity contribution in [1.29, 1.82) is 0 Å². The minimum absolute atomic E-state index is 1.11. The van der Waals surface area contributed by atoms with Crippen LogP contribution in [0.25, 0.3) is 0 Å². The molecule has 0 fully saturated rings. The highest BCUT2D eigenvalue weighted by Crippen LogP contribution is 2.27. The lowest BCUT2D eigenvalue weighted by atomic mass is 10.2. The molecule has 0 amide bonds. The molecule has 0 saturated heterocycles. The van der Waals surface area contributed by atoms with Crippen LogP contribution in [0, 0.1) is 6.92 Å². The van der Waals surface area contributed by atoms with Crippen LogP contribution in [0.1, 0.15) is 66.0 Å². The molecule has 0 aliphatic heterocycles. The first-order valence-electron chi connectivity index (χ1n) is 9.03. The zero-order chi connectivity index (χ0) is 18.1. The fraction of sp³-hybridized carbons (Fsp3) is 0.455. The van der Waals surface area contributed by atoms with Crippen molar-refractivity contribution in [3.63, 3.8) is 0 Å². The Kier molecular flexibility index (Phi) is 17.9. The van der Waals surface area contributed by atoms with Gasteiger partial charge in [-0.1, -0.05) is 96.5 Å². The van der Waals surface area contributed by atoms with Crippen LogP contribution in [0.5, 0.6) is 0 Å². The highest BCUT2D eigenvalue weighted by molar-refractivity contribution is 7.99. The maximum atomic E-state index is 2.20. The molecule has 0 bridgehead atoms. The monoisotopic (exact) mass is 332 g/mol. The minimum atomic E-state index is 1.11. The highest BCUT2D eigenvalue weighted by Gasteiger charge is 1.97. The first-order chi connectivity index (χ1) is 11.2. The second kappa shape index (κ2) is 17.1. The molecule has 0 N–H and O–H groups in total. The fourth-order valence-electron chi connectivity index (χ4n) is 1.54. The average molecular weight is 333 g/mol. The lowest BCUT2D eigenvalue weighted by Gasteiger charge is -2.03. The van der Waals surface area contributed by atoms with Crippen LogP contribution < -0.4 is 0 Å². The molecule has 0 aliphatic carbocycles. The van der Waals surface area contributed by atoms with Crippen molar-refractivity contribution in [2.24, 2.45) is 0 Å². The first kappa shape index (κ1) is 24.0. The molecule has 0 spiro atoms. The maximum absolute atomic E-state index is 2.20. The van der Waals surface area contributed by atoms with Crippen LogP contribution in [-0.2, 0) is 6.42 Å². The lowest BCUT2D eigenvalue weighted by molar-refractivity contribution is 1.09. The van der Waals surface area contributed by atoms with E-state index in [9.17, 15) is 0 Å². The zero-order valence-corrected chi connectivity index (χ0v) is 17.3. The fourth-order valence-corrected chi connectivity index (χ4v) is 2.35. The summed E-state index contributed by atoms with van der Waals surface area (Å²) >= 11 is 1.82. The van der Waals surface area contributed by atoms with Gasteiger partial charge in [-0.3, -0.25) is 0 Å². The van der Waals surface area contributed by atoms with Gasteiger partial charge in [-0.2, -0.15) is 0 Å². The number of rotatable bonds is 3. The van der Waals surface area contributed by atoms with Gasteiger partial charge in [0, 0.05) is 9.79 Å². The van der Waals surface area contributed by atoms with Crippen molar-refractivity contribution in [1.82, 2.24) is 0 Å². The molecule has 0 nitrogen and oxygen atoms in total. The van der Waals surface area contributed by atoms with E-state index in [4.69, 9.17) is 0 Å². The van der Waals surface area contributed by atoms with E-state index in [1.54, 1.807) is 0 Å². The van der Waals surface area contributed by atoms with Gasteiger partial charge in [-0.25, -0.2) is 0 Å². The third kappa shape index (κ3) is 11.9. The predicted octanol–water partition coefficient (Wildman–Crippen LogP) is 8.18. The van der Waals surface area contributed by atoms with Crippen molar-refractivity contribution < 1.29 is 0 Å². The lowest BCUT2D eigenvalue weighted by Crippen LogP contribution is -1.79. The van der Waals surface area contributed by atoms with Crippen LogP contribution >= 0.6 is 11.8 Å². The summed E-state index contributed by atoms with van der Waals surface area (Å²) in [4.78, 5) is 2.61. The molecule has 0 aromatic heterocycles. The van der Waals surface area contributed by atoms with Crippen molar-refractivity contribution in [3.8, 4) is 0 Å². The Bertz CT molecular complexity index is 454. The molecule has 2 aromatic carbocycles. The third-order valence-electron chi connectivity index (χ3n) is 2.59. The quantitative estimate of drug-likeness (QED) is 0.546. The van der Waals surface area contributed by atoms with Gasteiger partial charge in [0.2, 0.25) is 0 Å². The van der Waals surface area contributed by atoms with Gasteiger partial charge in [0.25, 0.3) is 0 Å². The second-order valence-corrected chi connectivity index (χ2v) is 5.77. The second-order valence-electron chi connectivity index (χ2n) is 4.62. The number of benzene rings is 2. The van der Waals surface area contributed by atoms with Crippen LogP contribution in [-0.4, -0.2) is 0 Å². The van der Waals surface area contributed by atoms with E-state index in [-0.39, 0.29) is 0 Å². The Balaban J connectivity index is 0. The summed E-state index contributed by atoms with van der Waals surface area (Å²) in [6.07, 6.45) is 2.36. The van der Waals surface area contributed by atoms with Gasteiger partial charge >= 0.3 is 0 Å². The Labute approximate surface area is 149 Å². The van der Waals surface area contributed by atoms with Gasteiger partial charge < -0.3 is 0 Å². The summed E-state index contributed by atoms with van der Waals surface area (Å²) in [6, 6.07) is 17.5.